The highest BCUT2D eigenvalue weighted by Gasteiger charge is 2.42. The van der Waals surface area contributed by atoms with Crippen molar-refractivity contribution in [1.82, 2.24) is 14.9 Å². The van der Waals surface area contributed by atoms with E-state index in [0.717, 1.165) is 29.7 Å². The molecular formula is C24H29N5O2S2. The van der Waals surface area contributed by atoms with Gasteiger partial charge in [-0.05, 0) is 87.4 Å². The smallest absolute Gasteiger partial charge is 0.229 e. The number of pyridine rings is 1. The van der Waals surface area contributed by atoms with Crippen LogP contribution in [0.2, 0.25) is 0 Å². The number of aromatic nitrogens is 2. The Labute approximate surface area is 200 Å². The maximum Gasteiger partial charge on any atom is 0.229 e. The highest BCUT2D eigenvalue weighted by Crippen LogP contribution is 2.43. The van der Waals surface area contributed by atoms with Crippen LogP contribution in [0.25, 0.3) is 0 Å². The van der Waals surface area contributed by atoms with Gasteiger partial charge in [0, 0.05) is 29.8 Å². The van der Waals surface area contributed by atoms with Crippen LogP contribution in [-0.4, -0.2) is 29.3 Å². The van der Waals surface area contributed by atoms with Gasteiger partial charge in [-0.3, -0.25) is 9.71 Å². The molecular weight excluding hydrogens is 454 g/mol. The molecule has 0 saturated carbocycles. The van der Waals surface area contributed by atoms with Crippen molar-refractivity contribution >= 4 is 38.7 Å². The summed E-state index contributed by atoms with van der Waals surface area (Å²) in [6.07, 6.45) is 2.95. The second kappa shape index (κ2) is 8.79. The average Bonchev–Trinajstić information content (AvgIpc) is 3.24. The lowest BCUT2D eigenvalue weighted by Crippen LogP contribution is -2.29. The molecule has 1 fully saturated rings. The Morgan fingerprint density at radius 2 is 1.91 bits per heavy atom. The van der Waals surface area contributed by atoms with Crippen LogP contribution in [-0.2, 0) is 16.6 Å². The molecule has 2 N–H and O–H groups in total. The van der Waals surface area contributed by atoms with E-state index in [1.807, 2.05) is 37.3 Å². The fraction of sp³-hybridized carbons (Fsp3) is 0.333. The standard InChI is InChI=1S/C24H29N5O2S2/c1-6-28-16(3)14-19(17(28)4)23-22(21-9-7-8-12-25-21)26-24(32)29(23)18-10-11-20(15(2)13-18)27-33(5,30)31/h7-14,22-23,27H,6H2,1-5H3,(H,26,32)/t22-,23+/m0/s1. The molecule has 33 heavy (non-hydrogen) atoms. The first-order valence-electron chi connectivity index (χ1n) is 10.9. The summed E-state index contributed by atoms with van der Waals surface area (Å²) < 4.78 is 28.3. The number of anilines is 2. The number of aryl methyl sites for hydroxylation is 2. The van der Waals surface area contributed by atoms with Crippen molar-refractivity contribution in [2.75, 3.05) is 15.9 Å². The van der Waals surface area contributed by atoms with Crippen LogP contribution in [0.5, 0.6) is 0 Å². The molecule has 1 aliphatic rings. The Kier molecular flexibility index (Phi) is 6.20. The fourth-order valence-electron chi connectivity index (χ4n) is 4.67. The Balaban J connectivity index is 1.84. The average molecular weight is 484 g/mol. The van der Waals surface area contributed by atoms with Crippen LogP contribution in [0.3, 0.4) is 0 Å². The van der Waals surface area contributed by atoms with Gasteiger partial charge in [0.1, 0.15) is 0 Å². The highest BCUT2D eigenvalue weighted by molar-refractivity contribution is 7.92. The predicted molar refractivity (Wildman–Crippen MR) is 137 cm³/mol. The van der Waals surface area contributed by atoms with Gasteiger partial charge in [-0.2, -0.15) is 0 Å². The Hall–Kier alpha value is -2.91. The molecule has 1 aliphatic heterocycles. The summed E-state index contributed by atoms with van der Waals surface area (Å²) >= 11 is 5.82. The number of rotatable bonds is 6. The van der Waals surface area contributed by atoms with Gasteiger partial charge in [-0.15, -0.1) is 0 Å². The van der Waals surface area contributed by atoms with E-state index in [1.165, 1.54) is 17.0 Å². The molecule has 4 rings (SSSR count). The van der Waals surface area contributed by atoms with E-state index >= 15 is 0 Å². The normalized spacial score (nSPS) is 18.5. The number of thiocarbonyl (C=S) groups is 1. The van der Waals surface area contributed by atoms with E-state index in [0.29, 0.717) is 10.8 Å². The Morgan fingerprint density at radius 1 is 1.15 bits per heavy atom. The molecule has 0 bridgehead atoms. The fourth-order valence-corrected chi connectivity index (χ4v) is 5.65. The molecule has 0 spiro atoms. The zero-order valence-corrected chi connectivity index (χ0v) is 21.1. The minimum absolute atomic E-state index is 0.105. The van der Waals surface area contributed by atoms with Crippen LogP contribution in [0.4, 0.5) is 11.4 Å². The van der Waals surface area contributed by atoms with Gasteiger partial charge < -0.3 is 14.8 Å². The number of benzene rings is 1. The van der Waals surface area contributed by atoms with E-state index in [-0.39, 0.29) is 12.1 Å². The third kappa shape index (κ3) is 4.47. The van der Waals surface area contributed by atoms with Crippen LogP contribution in [0.15, 0.2) is 48.7 Å². The third-order valence-corrected chi connectivity index (χ3v) is 7.03. The molecule has 0 radical (unpaired) electrons. The van der Waals surface area contributed by atoms with Gasteiger partial charge in [0.2, 0.25) is 10.0 Å². The molecule has 0 unspecified atom stereocenters. The zero-order chi connectivity index (χ0) is 23.9. The minimum atomic E-state index is -3.36. The van der Waals surface area contributed by atoms with Crippen molar-refractivity contribution < 1.29 is 8.42 Å². The van der Waals surface area contributed by atoms with Crippen LogP contribution in [0.1, 0.15) is 47.2 Å². The van der Waals surface area contributed by atoms with Gasteiger partial charge >= 0.3 is 0 Å². The number of hydrogen-bond acceptors (Lipinski definition) is 4. The number of hydrogen-bond donors (Lipinski definition) is 2. The van der Waals surface area contributed by atoms with Crippen molar-refractivity contribution in [3.63, 3.8) is 0 Å². The van der Waals surface area contributed by atoms with E-state index in [1.54, 1.807) is 12.3 Å². The van der Waals surface area contributed by atoms with Crippen LogP contribution >= 0.6 is 12.2 Å². The molecule has 0 amide bonds. The topological polar surface area (TPSA) is 79.3 Å². The summed E-state index contributed by atoms with van der Waals surface area (Å²) in [7, 11) is -3.36. The molecule has 1 aromatic carbocycles. The second-order valence-corrected chi connectivity index (χ2v) is 10.6. The van der Waals surface area contributed by atoms with Crippen molar-refractivity contribution in [2.45, 2.75) is 46.3 Å². The molecule has 7 nitrogen and oxygen atoms in total. The molecule has 9 heteroatoms. The maximum absolute atomic E-state index is 11.7. The summed E-state index contributed by atoms with van der Waals surface area (Å²) in [6.45, 7) is 9.19. The first-order valence-corrected chi connectivity index (χ1v) is 13.2. The van der Waals surface area contributed by atoms with Crippen LogP contribution < -0.4 is 14.9 Å². The first kappa shape index (κ1) is 23.3. The minimum Gasteiger partial charge on any atom is -0.351 e. The number of sulfonamides is 1. The van der Waals surface area contributed by atoms with Crippen molar-refractivity contribution in [2.24, 2.45) is 0 Å². The molecule has 174 valence electrons. The van der Waals surface area contributed by atoms with Gasteiger partial charge in [-0.25, -0.2) is 8.42 Å². The highest BCUT2D eigenvalue weighted by atomic mass is 32.2. The molecule has 2 atom stereocenters. The summed E-state index contributed by atoms with van der Waals surface area (Å²) in [5.41, 5.74) is 6.78. The zero-order valence-electron chi connectivity index (χ0n) is 19.5. The lowest BCUT2D eigenvalue weighted by atomic mass is 9.96. The molecule has 1 saturated heterocycles. The monoisotopic (exact) mass is 483 g/mol. The van der Waals surface area contributed by atoms with E-state index in [2.05, 4.69) is 51.3 Å². The van der Waals surface area contributed by atoms with Crippen molar-refractivity contribution in [3.05, 3.63) is 76.9 Å². The van der Waals surface area contributed by atoms with Gasteiger partial charge in [0.15, 0.2) is 5.11 Å². The lowest BCUT2D eigenvalue weighted by molar-refractivity contribution is 0.563. The van der Waals surface area contributed by atoms with Crippen molar-refractivity contribution in [1.29, 1.82) is 0 Å². The Bertz CT molecular complexity index is 1300. The van der Waals surface area contributed by atoms with E-state index < -0.39 is 10.0 Å². The quantitative estimate of drug-likeness (QED) is 0.507. The number of nitrogens with one attached hydrogen (secondary N) is 2. The predicted octanol–water partition coefficient (Wildman–Crippen LogP) is 4.38. The summed E-state index contributed by atoms with van der Waals surface area (Å²) in [6, 6.07) is 13.6. The lowest BCUT2D eigenvalue weighted by Gasteiger charge is -2.28. The largest absolute Gasteiger partial charge is 0.351 e. The number of nitrogens with zero attached hydrogens (tertiary/aromatic N) is 3. The van der Waals surface area contributed by atoms with Crippen LogP contribution in [0, 0.1) is 20.8 Å². The van der Waals surface area contributed by atoms with Gasteiger partial charge in [0.25, 0.3) is 0 Å². The summed E-state index contributed by atoms with van der Waals surface area (Å²) in [5, 5.41) is 4.10. The molecule has 3 aromatic rings. The second-order valence-electron chi connectivity index (χ2n) is 8.44. The summed E-state index contributed by atoms with van der Waals surface area (Å²) in [5.74, 6) is 0. The molecule has 3 heterocycles. The SMILES string of the molecule is CCn1c(C)cc([C@@H]2[C@H](c3ccccn3)NC(=S)N2c2ccc(NS(C)(=O)=O)c(C)c2)c1C. The molecule has 0 aliphatic carbocycles. The molecule has 2 aromatic heterocycles. The van der Waals surface area contributed by atoms with Gasteiger partial charge in [-0.1, -0.05) is 6.07 Å². The van der Waals surface area contributed by atoms with E-state index in [9.17, 15) is 8.42 Å². The third-order valence-electron chi connectivity index (χ3n) is 6.13. The van der Waals surface area contributed by atoms with Gasteiger partial charge in [0.05, 0.1) is 29.7 Å². The van der Waals surface area contributed by atoms with Crippen molar-refractivity contribution in [3.8, 4) is 0 Å². The van der Waals surface area contributed by atoms with E-state index in [4.69, 9.17) is 12.2 Å². The Morgan fingerprint density at radius 3 is 2.48 bits per heavy atom. The summed E-state index contributed by atoms with van der Waals surface area (Å²) in [4.78, 5) is 6.74. The first-order chi connectivity index (χ1) is 15.6. The maximum atomic E-state index is 11.7.